The van der Waals surface area contributed by atoms with Crippen LogP contribution in [0.2, 0.25) is 0 Å². The summed E-state index contributed by atoms with van der Waals surface area (Å²) >= 11 is 0. The van der Waals surface area contributed by atoms with Crippen LogP contribution < -0.4 is 4.90 Å². The molecule has 0 saturated carbocycles. The highest BCUT2D eigenvalue weighted by Crippen LogP contribution is 2.14. The Morgan fingerprint density at radius 1 is 1.33 bits per heavy atom. The lowest BCUT2D eigenvalue weighted by atomic mass is 10.2. The molecule has 2 rings (SSSR count). The van der Waals surface area contributed by atoms with Gasteiger partial charge in [-0.3, -0.25) is 4.90 Å². The lowest BCUT2D eigenvalue weighted by Crippen LogP contribution is -2.49. The van der Waals surface area contributed by atoms with Crippen molar-refractivity contribution in [3.8, 4) is 0 Å². The molecule has 0 amide bonds. The molecule has 1 saturated heterocycles. The zero-order valence-corrected chi connectivity index (χ0v) is 12.6. The van der Waals surface area contributed by atoms with E-state index in [-0.39, 0.29) is 0 Å². The molecular weight excluding hydrogens is 268 g/mol. The summed E-state index contributed by atoms with van der Waals surface area (Å²) in [5.41, 5.74) is 0.694. The van der Waals surface area contributed by atoms with E-state index in [1.54, 1.807) is 12.4 Å². The van der Waals surface area contributed by atoms with E-state index in [0.717, 1.165) is 32.3 Å². The number of aromatic nitrogens is 2. The van der Waals surface area contributed by atoms with Crippen molar-refractivity contribution in [2.24, 2.45) is 0 Å². The van der Waals surface area contributed by atoms with Gasteiger partial charge in [-0.1, -0.05) is 6.92 Å². The molecule has 1 atom stereocenters. The number of hydrogen-bond acceptors (Lipinski definition) is 5. The largest absolute Gasteiger partial charge is 0.478 e. The van der Waals surface area contributed by atoms with Crippen molar-refractivity contribution in [1.82, 2.24) is 14.9 Å². The molecule has 1 fully saturated rings. The Bertz CT molecular complexity index is 493. The minimum atomic E-state index is -0.972. The summed E-state index contributed by atoms with van der Waals surface area (Å²) in [4.78, 5) is 23.8. The number of rotatable bonds is 5. The first-order chi connectivity index (χ1) is 10.1. The standard InChI is InChI=1S/C15H22N4O2/c1-3-12(2)18-6-8-19(9-7-18)15-16-10-13(11-17-15)4-5-14(20)21/h4-5,10-12H,3,6-9H2,1-2H3,(H,20,21)/b5-4+. The molecule has 114 valence electrons. The van der Waals surface area contributed by atoms with Gasteiger partial charge in [0.05, 0.1) is 0 Å². The van der Waals surface area contributed by atoms with Crippen molar-refractivity contribution >= 4 is 18.0 Å². The molecule has 1 N–H and O–H groups in total. The first kappa shape index (κ1) is 15.4. The third-order valence-electron chi connectivity index (χ3n) is 3.89. The van der Waals surface area contributed by atoms with Crippen molar-refractivity contribution in [2.75, 3.05) is 31.1 Å². The number of piperazine rings is 1. The van der Waals surface area contributed by atoms with Crippen LogP contribution in [0.3, 0.4) is 0 Å². The molecule has 21 heavy (non-hydrogen) atoms. The van der Waals surface area contributed by atoms with Gasteiger partial charge in [0.15, 0.2) is 0 Å². The third kappa shape index (κ3) is 4.26. The molecule has 1 aliphatic rings. The van der Waals surface area contributed by atoms with Crippen LogP contribution >= 0.6 is 0 Å². The summed E-state index contributed by atoms with van der Waals surface area (Å²) in [5, 5.41) is 8.58. The molecule has 6 nitrogen and oxygen atoms in total. The minimum Gasteiger partial charge on any atom is -0.478 e. The molecule has 0 aromatic carbocycles. The Labute approximate surface area is 125 Å². The lowest BCUT2D eigenvalue weighted by molar-refractivity contribution is -0.131. The third-order valence-corrected chi connectivity index (χ3v) is 3.89. The smallest absolute Gasteiger partial charge is 0.328 e. The van der Waals surface area contributed by atoms with Gasteiger partial charge in [-0.2, -0.15) is 0 Å². The first-order valence-corrected chi connectivity index (χ1v) is 7.32. The van der Waals surface area contributed by atoms with E-state index in [1.165, 1.54) is 12.5 Å². The Kier molecular flexibility index (Phi) is 5.27. The molecule has 1 unspecified atom stereocenters. The highest BCUT2D eigenvalue weighted by Gasteiger charge is 2.21. The van der Waals surface area contributed by atoms with Gasteiger partial charge in [-0.15, -0.1) is 0 Å². The van der Waals surface area contributed by atoms with Gasteiger partial charge in [-0.25, -0.2) is 14.8 Å². The van der Waals surface area contributed by atoms with Crippen molar-refractivity contribution in [3.63, 3.8) is 0 Å². The van der Waals surface area contributed by atoms with E-state index in [4.69, 9.17) is 5.11 Å². The van der Waals surface area contributed by atoms with Crippen LogP contribution in [0.4, 0.5) is 5.95 Å². The van der Waals surface area contributed by atoms with E-state index < -0.39 is 5.97 Å². The number of aliphatic carboxylic acids is 1. The van der Waals surface area contributed by atoms with E-state index in [2.05, 4.69) is 33.6 Å². The van der Waals surface area contributed by atoms with Crippen LogP contribution in [0.25, 0.3) is 6.08 Å². The lowest BCUT2D eigenvalue weighted by Gasteiger charge is -2.37. The predicted octanol–water partition coefficient (Wildman–Crippen LogP) is 1.49. The fourth-order valence-corrected chi connectivity index (χ4v) is 2.37. The van der Waals surface area contributed by atoms with Crippen LogP contribution in [-0.2, 0) is 4.79 Å². The Hall–Kier alpha value is -1.95. The Balaban J connectivity index is 1.93. The van der Waals surface area contributed by atoms with Gasteiger partial charge >= 0.3 is 5.97 Å². The van der Waals surface area contributed by atoms with E-state index in [1.807, 2.05) is 0 Å². The van der Waals surface area contributed by atoms with Crippen LogP contribution in [0.15, 0.2) is 18.5 Å². The zero-order valence-electron chi connectivity index (χ0n) is 12.6. The normalized spacial score (nSPS) is 18.1. The summed E-state index contributed by atoms with van der Waals surface area (Å²) in [5.74, 6) is -0.258. The molecule has 0 radical (unpaired) electrons. The maximum Gasteiger partial charge on any atom is 0.328 e. The minimum absolute atomic E-state index is 0.622. The summed E-state index contributed by atoms with van der Waals surface area (Å²) in [6.45, 7) is 8.38. The van der Waals surface area contributed by atoms with Gasteiger partial charge in [0.25, 0.3) is 0 Å². The number of nitrogens with zero attached hydrogens (tertiary/aromatic N) is 4. The molecule has 1 aliphatic heterocycles. The predicted molar refractivity (Wildman–Crippen MR) is 82.2 cm³/mol. The van der Waals surface area contributed by atoms with E-state index in [9.17, 15) is 4.79 Å². The second kappa shape index (κ2) is 7.17. The topological polar surface area (TPSA) is 69.6 Å². The second-order valence-electron chi connectivity index (χ2n) is 5.27. The highest BCUT2D eigenvalue weighted by molar-refractivity contribution is 5.85. The number of hydrogen-bond donors (Lipinski definition) is 1. The molecule has 0 spiro atoms. The van der Waals surface area contributed by atoms with Gasteiger partial charge in [0, 0.05) is 56.3 Å². The SMILES string of the molecule is CCC(C)N1CCN(c2ncc(/C=C/C(=O)O)cn2)CC1. The van der Waals surface area contributed by atoms with Crippen molar-refractivity contribution < 1.29 is 9.90 Å². The van der Waals surface area contributed by atoms with Crippen molar-refractivity contribution in [1.29, 1.82) is 0 Å². The molecular formula is C15H22N4O2. The van der Waals surface area contributed by atoms with Crippen molar-refractivity contribution in [3.05, 3.63) is 24.0 Å². The van der Waals surface area contributed by atoms with Crippen LogP contribution in [0.5, 0.6) is 0 Å². The van der Waals surface area contributed by atoms with Gasteiger partial charge < -0.3 is 10.0 Å². The number of anilines is 1. The summed E-state index contributed by atoms with van der Waals surface area (Å²) in [6.07, 6.45) is 7.06. The Morgan fingerprint density at radius 3 is 2.48 bits per heavy atom. The van der Waals surface area contributed by atoms with Crippen LogP contribution in [-0.4, -0.2) is 58.2 Å². The zero-order chi connectivity index (χ0) is 15.2. The van der Waals surface area contributed by atoms with Gasteiger partial charge in [-0.05, 0) is 19.4 Å². The maximum atomic E-state index is 10.5. The van der Waals surface area contributed by atoms with E-state index >= 15 is 0 Å². The first-order valence-electron chi connectivity index (χ1n) is 7.32. The number of carbonyl (C=O) groups is 1. The number of carboxylic acid groups (broad SMARTS) is 1. The fraction of sp³-hybridized carbons (Fsp3) is 0.533. The average Bonchev–Trinajstić information content (AvgIpc) is 2.53. The van der Waals surface area contributed by atoms with Gasteiger partial charge in [0.2, 0.25) is 5.95 Å². The summed E-state index contributed by atoms with van der Waals surface area (Å²) in [7, 11) is 0. The Morgan fingerprint density at radius 2 is 1.95 bits per heavy atom. The summed E-state index contributed by atoms with van der Waals surface area (Å²) in [6, 6.07) is 0.622. The molecule has 0 aliphatic carbocycles. The summed E-state index contributed by atoms with van der Waals surface area (Å²) < 4.78 is 0. The van der Waals surface area contributed by atoms with Crippen LogP contribution in [0.1, 0.15) is 25.8 Å². The van der Waals surface area contributed by atoms with Crippen molar-refractivity contribution in [2.45, 2.75) is 26.3 Å². The monoisotopic (exact) mass is 290 g/mol. The second-order valence-corrected chi connectivity index (χ2v) is 5.27. The molecule has 1 aromatic heterocycles. The molecule has 2 heterocycles. The van der Waals surface area contributed by atoms with Gasteiger partial charge in [0.1, 0.15) is 0 Å². The molecule has 1 aromatic rings. The van der Waals surface area contributed by atoms with Crippen LogP contribution in [0, 0.1) is 0 Å². The quantitative estimate of drug-likeness (QED) is 0.829. The maximum absolute atomic E-state index is 10.5. The number of carboxylic acids is 1. The highest BCUT2D eigenvalue weighted by atomic mass is 16.4. The average molecular weight is 290 g/mol. The molecule has 0 bridgehead atoms. The molecule has 6 heteroatoms. The fourth-order valence-electron chi connectivity index (χ4n) is 2.37. The van der Waals surface area contributed by atoms with E-state index in [0.29, 0.717) is 17.6 Å².